The molecule has 1 aromatic heterocycles. The molecule has 1 saturated heterocycles. The van der Waals surface area contributed by atoms with Crippen LogP contribution in [0.3, 0.4) is 0 Å². The van der Waals surface area contributed by atoms with E-state index in [1.54, 1.807) is 30.3 Å². The predicted molar refractivity (Wildman–Crippen MR) is 138 cm³/mol. The quantitative estimate of drug-likeness (QED) is 0.216. The number of esters is 1. The van der Waals surface area contributed by atoms with E-state index in [2.05, 4.69) is 32.1 Å². The zero-order chi connectivity index (χ0) is 27.4. The molecule has 0 unspecified atom stereocenters. The van der Waals surface area contributed by atoms with E-state index >= 15 is 0 Å². The summed E-state index contributed by atoms with van der Waals surface area (Å²) in [4.78, 5) is 38.0. The first kappa shape index (κ1) is 26.8. The fraction of sp³-hybridized carbons (Fsp3) is 0.154. The van der Waals surface area contributed by atoms with E-state index in [9.17, 15) is 19.6 Å². The Hall–Kier alpha value is -4.27. The number of nitrogens with one attached hydrogen (secondary N) is 1. The maximum Gasteiger partial charge on any atom is 0.373 e. The highest BCUT2D eigenvalue weighted by Gasteiger charge is 2.35. The number of halogens is 2. The maximum atomic E-state index is 13.0. The molecule has 0 radical (unpaired) electrons. The molecule has 12 heteroatoms. The molecule has 2 aromatic carbocycles. The molecule has 38 heavy (non-hydrogen) atoms. The zero-order valence-corrected chi connectivity index (χ0v) is 22.4. The van der Waals surface area contributed by atoms with Crippen molar-refractivity contribution < 1.29 is 33.0 Å². The Bertz CT molecular complexity index is 1510. The number of urea groups is 1. The first-order valence-electron chi connectivity index (χ1n) is 11.0. The van der Waals surface area contributed by atoms with Crippen molar-refractivity contribution in [2.75, 3.05) is 14.2 Å². The largest absolute Gasteiger partial charge is 0.493 e. The lowest BCUT2D eigenvalue weighted by atomic mass is 10.1. The minimum absolute atomic E-state index is 0.00909. The molecular formula is C26H19BrClN3O7. The SMILES string of the molecule is COC(=O)c1ccc(CN2C(=O)N/C(=C\c3cc(OC)c(OCc4ccccc4C#N)c(Cl)c3Br)C2=O)o1. The summed E-state index contributed by atoms with van der Waals surface area (Å²) in [6.45, 7) is -0.123. The number of carbonyl (C=O) groups excluding carboxylic acids is 3. The Balaban J connectivity index is 1.57. The lowest BCUT2D eigenvalue weighted by Gasteiger charge is -2.16. The van der Waals surface area contributed by atoms with Crippen LogP contribution in [0.15, 0.2) is 57.1 Å². The molecule has 0 aliphatic carbocycles. The third-order valence-electron chi connectivity index (χ3n) is 5.51. The monoisotopic (exact) mass is 599 g/mol. The molecule has 0 atom stereocenters. The third-order valence-corrected chi connectivity index (χ3v) is 6.95. The van der Waals surface area contributed by atoms with Crippen LogP contribution in [0.2, 0.25) is 5.02 Å². The Labute approximate surface area is 230 Å². The van der Waals surface area contributed by atoms with Gasteiger partial charge in [-0.3, -0.25) is 9.69 Å². The van der Waals surface area contributed by atoms with E-state index in [0.717, 1.165) is 4.90 Å². The molecule has 3 aromatic rings. The van der Waals surface area contributed by atoms with Gasteiger partial charge in [0.1, 0.15) is 23.1 Å². The summed E-state index contributed by atoms with van der Waals surface area (Å²) >= 11 is 9.99. The average molecular weight is 601 g/mol. The fourth-order valence-electron chi connectivity index (χ4n) is 3.60. The van der Waals surface area contributed by atoms with Crippen molar-refractivity contribution >= 4 is 51.5 Å². The Morgan fingerprint density at radius 3 is 2.71 bits per heavy atom. The van der Waals surface area contributed by atoms with Gasteiger partial charge in [-0.1, -0.05) is 29.8 Å². The number of furan rings is 1. The Morgan fingerprint density at radius 1 is 1.24 bits per heavy atom. The lowest BCUT2D eigenvalue weighted by Crippen LogP contribution is -2.30. The van der Waals surface area contributed by atoms with Gasteiger partial charge in [0, 0.05) is 10.0 Å². The van der Waals surface area contributed by atoms with Crippen LogP contribution in [-0.2, 0) is 22.7 Å². The molecule has 10 nitrogen and oxygen atoms in total. The number of methoxy groups -OCH3 is 2. The standard InChI is InChI=1S/C26H19BrClN3O7/c1-35-20-10-16(21(27)22(28)23(20)37-13-15-6-4-3-5-14(15)11-29)9-18-24(32)31(26(34)30-18)12-17-7-8-19(38-17)25(33)36-2/h3-10H,12-13H2,1-2H3,(H,30,34)/b18-9-. The highest BCUT2D eigenvalue weighted by Crippen LogP contribution is 2.43. The van der Waals surface area contributed by atoms with Crippen LogP contribution in [0.4, 0.5) is 4.79 Å². The van der Waals surface area contributed by atoms with E-state index in [1.165, 1.54) is 32.4 Å². The van der Waals surface area contributed by atoms with Crippen molar-refractivity contribution in [3.05, 3.63) is 85.9 Å². The van der Waals surface area contributed by atoms with Crippen molar-refractivity contribution in [3.63, 3.8) is 0 Å². The minimum atomic E-state index is -0.675. The maximum absolute atomic E-state index is 13.0. The van der Waals surface area contributed by atoms with Crippen molar-refractivity contribution in [2.45, 2.75) is 13.2 Å². The number of rotatable bonds is 8. The summed E-state index contributed by atoms with van der Waals surface area (Å²) < 4.78 is 21.7. The summed E-state index contributed by atoms with van der Waals surface area (Å²) in [5, 5.41) is 12.0. The van der Waals surface area contributed by atoms with Crippen LogP contribution in [0.5, 0.6) is 11.5 Å². The van der Waals surface area contributed by atoms with Crippen LogP contribution in [0.1, 0.15) is 33.0 Å². The molecular weight excluding hydrogens is 582 g/mol. The molecule has 1 aliphatic rings. The lowest BCUT2D eigenvalue weighted by molar-refractivity contribution is -0.123. The number of hydrogen-bond acceptors (Lipinski definition) is 8. The van der Waals surface area contributed by atoms with Crippen molar-refractivity contribution in [1.82, 2.24) is 10.2 Å². The van der Waals surface area contributed by atoms with Crippen LogP contribution in [0, 0.1) is 11.3 Å². The molecule has 0 saturated carbocycles. The molecule has 194 valence electrons. The number of hydrogen-bond donors (Lipinski definition) is 1. The van der Waals surface area contributed by atoms with E-state index in [-0.39, 0.29) is 46.9 Å². The van der Waals surface area contributed by atoms with Gasteiger partial charge in [-0.2, -0.15) is 5.26 Å². The molecule has 1 N–H and O–H groups in total. The van der Waals surface area contributed by atoms with Gasteiger partial charge in [0.25, 0.3) is 5.91 Å². The first-order valence-corrected chi connectivity index (χ1v) is 12.1. The van der Waals surface area contributed by atoms with Gasteiger partial charge in [-0.15, -0.1) is 0 Å². The Kier molecular flexibility index (Phi) is 8.05. The molecule has 1 fully saturated rings. The molecule has 3 amide bonds. The second-order valence-corrected chi connectivity index (χ2v) is 8.99. The van der Waals surface area contributed by atoms with Gasteiger partial charge in [-0.05, 0) is 51.8 Å². The van der Waals surface area contributed by atoms with E-state index in [1.807, 2.05) is 0 Å². The summed E-state index contributed by atoms with van der Waals surface area (Å²) in [5.74, 6) is -0.597. The topological polar surface area (TPSA) is 131 Å². The summed E-state index contributed by atoms with van der Waals surface area (Å²) in [7, 11) is 2.65. The van der Waals surface area contributed by atoms with Gasteiger partial charge < -0.3 is 23.9 Å². The average Bonchev–Trinajstić information content (AvgIpc) is 3.50. The second-order valence-electron chi connectivity index (χ2n) is 7.82. The van der Waals surface area contributed by atoms with Crippen molar-refractivity contribution in [3.8, 4) is 17.6 Å². The predicted octanol–water partition coefficient (Wildman–Crippen LogP) is 5.03. The normalized spacial score (nSPS) is 13.9. The van der Waals surface area contributed by atoms with Crippen LogP contribution < -0.4 is 14.8 Å². The highest BCUT2D eigenvalue weighted by atomic mass is 79.9. The Morgan fingerprint density at radius 2 is 2.00 bits per heavy atom. The van der Waals surface area contributed by atoms with Gasteiger partial charge in [0.2, 0.25) is 5.76 Å². The second kappa shape index (κ2) is 11.4. The van der Waals surface area contributed by atoms with Gasteiger partial charge in [-0.25, -0.2) is 9.59 Å². The highest BCUT2D eigenvalue weighted by molar-refractivity contribution is 9.10. The number of amides is 3. The molecule has 0 bridgehead atoms. The first-order chi connectivity index (χ1) is 18.3. The summed E-state index contributed by atoms with van der Waals surface area (Å²) in [5.41, 5.74) is 1.57. The van der Waals surface area contributed by atoms with Gasteiger partial charge in [0.15, 0.2) is 11.5 Å². The van der Waals surface area contributed by atoms with E-state index in [0.29, 0.717) is 21.2 Å². The number of carbonyl (C=O) groups is 3. The van der Waals surface area contributed by atoms with Crippen LogP contribution in [-0.4, -0.2) is 37.0 Å². The van der Waals surface area contributed by atoms with Crippen molar-refractivity contribution in [2.24, 2.45) is 0 Å². The number of nitriles is 1. The van der Waals surface area contributed by atoms with Crippen LogP contribution >= 0.6 is 27.5 Å². The number of imide groups is 1. The molecule has 2 heterocycles. The number of ether oxygens (including phenoxy) is 3. The fourth-order valence-corrected chi connectivity index (χ4v) is 4.27. The summed E-state index contributed by atoms with van der Waals surface area (Å²) in [6.07, 6.45) is 1.44. The minimum Gasteiger partial charge on any atom is -0.493 e. The van der Waals surface area contributed by atoms with E-state index < -0.39 is 17.9 Å². The third kappa shape index (κ3) is 5.37. The molecule has 0 spiro atoms. The number of benzene rings is 2. The molecule has 4 rings (SSSR count). The number of nitrogens with zero attached hydrogens (tertiary/aromatic N) is 2. The summed E-state index contributed by atoms with van der Waals surface area (Å²) in [6, 6.07) is 12.9. The molecule has 1 aliphatic heterocycles. The smallest absolute Gasteiger partial charge is 0.373 e. The van der Waals surface area contributed by atoms with E-state index in [4.69, 9.17) is 25.5 Å². The van der Waals surface area contributed by atoms with Crippen LogP contribution in [0.25, 0.3) is 6.08 Å². The van der Waals surface area contributed by atoms with Crippen molar-refractivity contribution in [1.29, 1.82) is 5.26 Å². The zero-order valence-electron chi connectivity index (χ0n) is 20.0. The van der Waals surface area contributed by atoms with Gasteiger partial charge >= 0.3 is 12.0 Å². The van der Waals surface area contributed by atoms with Gasteiger partial charge in [0.05, 0.1) is 32.4 Å².